The smallest absolute Gasteiger partial charge is 0.275 e. The van der Waals surface area contributed by atoms with Crippen LogP contribution in [0.3, 0.4) is 0 Å². The number of carbonyl (C=O) groups excluding carboxylic acids is 2. The Balaban J connectivity index is 1.98. The van der Waals surface area contributed by atoms with Crippen LogP contribution in [-0.4, -0.2) is 26.5 Å². The molecule has 0 bridgehead atoms. The quantitative estimate of drug-likeness (QED) is 0.689. The van der Waals surface area contributed by atoms with Crippen molar-refractivity contribution in [1.29, 1.82) is 0 Å². The normalized spacial score (nSPS) is 11.8. The zero-order valence-electron chi connectivity index (χ0n) is 14.7. The van der Waals surface area contributed by atoms with Gasteiger partial charge in [0.1, 0.15) is 17.2 Å². The summed E-state index contributed by atoms with van der Waals surface area (Å²) >= 11 is 0. The minimum absolute atomic E-state index is 0.101. The number of pyridine rings is 1. The lowest BCUT2D eigenvalue weighted by molar-refractivity contribution is 0.0980. The molecule has 3 rings (SSSR count). The van der Waals surface area contributed by atoms with Crippen LogP contribution in [-0.2, 0) is 0 Å². The molecule has 0 spiro atoms. The Labute approximate surface area is 151 Å². The van der Waals surface area contributed by atoms with Crippen molar-refractivity contribution in [3.63, 3.8) is 0 Å². The van der Waals surface area contributed by atoms with Crippen LogP contribution in [0.1, 0.15) is 52.9 Å². The molecule has 0 aliphatic heterocycles. The highest BCUT2D eigenvalue weighted by Gasteiger charge is 2.22. The first kappa shape index (κ1) is 17.5. The number of rotatable bonds is 6. The number of Topliss-reactive ketones (excluding diaryl/α,β-unsaturated/α-hetero) is 1. The molecule has 0 fully saturated rings. The van der Waals surface area contributed by atoms with Crippen LogP contribution >= 0.6 is 0 Å². The molecule has 2 aromatic heterocycles. The van der Waals surface area contributed by atoms with Crippen LogP contribution < -0.4 is 5.32 Å². The predicted molar refractivity (Wildman–Crippen MR) is 99.3 cm³/mol. The van der Waals surface area contributed by atoms with Crippen molar-refractivity contribution in [2.75, 3.05) is 5.32 Å². The molecule has 3 aromatic rings. The molecule has 2 heterocycles. The average Bonchev–Trinajstić information content (AvgIpc) is 3.14. The summed E-state index contributed by atoms with van der Waals surface area (Å²) in [6, 6.07) is 16.3. The largest absolute Gasteiger partial charge is 0.305 e. The van der Waals surface area contributed by atoms with E-state index in [0.29, 0.717) is 23.6 Å². The molecule has 1 aromatic carbocycles. The number of hydrogen-bond donors (Lipinski definition) is 1. The van der Waals surface area contributed by atoms with Crippen molar-refractivity contribution in [2.45, 2.75) is 26.3 Å². The molecule has 6 nitrogen and oxygen atoms in total. The molecule has 1 atom stereocenters. The minimum Gasteiger partial charge on any atom is -0.305 e. The van der Waals surface area contributed by atoms with Gasteiger partial charge in [-0.25, -0.2) is 4.98 Å². The van der Waals surface area contributed by atoms with Gasteiger partial charge in [0.15, 0.2) is 5.78 Å². The summed E-state index contributed by atoms with van der Waals surface area (Å²) in [5.74, 6) is -0.00832. The third-order valence-corrected chi connectivity index (χ3v) is 4.13. The minimum atomic E-state index is -0.353. The summed E-state index contributed by atoms with van der Waals surface area (Å²) < 4.78 is 1.59. The topological polar surface area (TPSA) is 76.9 Å². The lowest BCUT2D eigenvalue weighted by Gasteiger charge is -2.15. The lowest BCUT2D eigenvalue weighted by Crippen LogP contribution is -2.21. The number of carbonyl (C=O) groups is 2. The van der Waals surface area contributed by atoms with Gasteiger partial charge in [-0.05, 0) is 24.6 Å². The van der Waals surface area contributed by atoms with Gasteiger partial charge in [-0.2, -0.15) is 5.10 Å². The number of nitrogens with one attached hydrogen (secondary N) is 1. The molecule has 0 saturated carbocycles. The average molecular weight is 348 g/mol. The van der Waals surface area contributed by atoms with Crippen LogP contribution in [0.4, 0.5) is 5.82 Å². The Hall–Kier alpha value is -3.28. The first-order valence-corrected chi connectivity index (χ1v) is 8.50. The fourth-order valence-corrected chi connectivity index (χ4v) is 2.67. The van der Waals surface area contributed by atoms with Crippen molar-refractivity contribution in [3.05, 3.63) is 77.7 Å². The van der Waals surface area contributed by atoms with E-state index in [1.54, 1.807) is 42.1 Å². The highest BCUT2D eigenvalue weighted by molar-refractivity contribution is 6.04. The Morgan fingerprint density at radius 1 is 1.12 bits per heavy atom. The summed E-state index contributed by atoms with van der Waals surface area (Å²) in [4.78, 5) is 29.0. The van der Waals surface area contributed by atoms with Gasteiger partial charge >= 0.3 is 0 Å². The fraction of sp³-hybridized carbons (Fsp3) is 0.200. The highest BCUT2D eigenvalue weighted by atomic mass is 16.2. The zero-order chi connectivity index (χ0) is 18.5. The van der Waals surface area contributed by atoms with E-state index in [2.05, 4.69) is 15.4 Å². The number of hydrogen-bond acceptors (Lipinski definition) is 4. The summed E-state index contributed by atoms with van der Waals surface area (Å²) in [7, 11) is 0. The maximum Gasteiger partial charge on any atom is 0.275 e. The van der Waals surface area contributed by atoms with Gasteiger partial charge in [0.05, 0.1) is 6.04 Å². The number of nitrogens with zero attached hydrogens (tertiary/aromatic N) is 3. The number of ketones is 1. The van der Waals surface area contributed by atoms with Crippen LogP contribution in [0.2, 0.25) is 0 Å². The molecular formula is C20H20N4O2. The molecule has 26 heavy (non-hydrogen) atoms. The monoisotopic (exact) mass is 348 g/mol. The molecular weight excluding hydrogens is 328 g/mol. The van der Waals surface area contributed by atoms with E-state index in [1.807, 2.05) is 37.3 Å². The van der Waals surface area contributed by atoms with E-state index in [-0.39, 0.29) is 17.7 Å². The molecule has 6 heteroatoms. The molecule has 0 saturated heterocycles. The number of benzene rings is 1. The van der Waals surface area contributed by atoms with Crippen molar-refractivity contribution in [2.24, 2.45) is 0 Å². The van der Waals surface area contributed by atoms with E-state index >= 15 is 0 Å². The Bertz CT molecular complexity index is 904. The van der Waals surface area contributed by atoms with Crippen molar-refractivity contribution in [3.8, 4) is 0 Å². The van der Waals surface area contributed by atoms with Gasteiger partial charge in [-0.3, -0.25) is 14.3 Å². The zero-order valence-corrected chi connectivity index (χ0v) is 14.7. The second kappa shape index (κ2) is 7.74. The van der Waals surface area contributed by atoms with Gasteiger partial charge in [-0.1, -0.05) is 43.3 Å². The van der Waals surface area contributed by atoms with Crippen LogP contribution in [0.5, 0.6) is 0 Å². The van der Waals surface area contributed by atoms with E-state index in [1.165, 1.54) is 0 Å². The van der Waals surface area contributed by atoms with Gasteiger partial charge in [0, 0.05) is 18.7 Å². The summed E-state index contributed by atoms with van der Waals surface area (Å²) in [5.41, 5.74) is 1.61. The molecule has 0 radical (unpaired) electrons. The standard InChI is InChI=1S/C20H20N4O2/c1-3-18(25)16-13-17(20(26)22-19-11-7-8-12-21-19)24(23-16)14(2)15-9-5-4-6-10-15/h4-14H,3H2,1-2H3,(H,21,22,26)/t14-/m0/s1. The van der Waals surface area contributed by atoms with Crippen LogP contribution in [0, 0.1) is 0 Å². The Morgan fingerprint density at radius 2 is 1.85 bits per heavy atom. The third kappa shape index (κ3) is 3.69. The van der Waals surface area contributed by atoms with E-state index < -0.39 is 0 Å². The molecule has 0 unspecified atom stereocenters. The van der Waals surface area contributed by atoms with E-state index in [9.17, 15) is 9.59 Å². The highest BCUT2D eigenvalue weighted by Crippen LogP contribution is 2.21. The van der Waals surface area contributed by atoms with Gasteiger partial charge in [0.25, 0.3) is 5.91 Å². The van der Waals surface area contributed by atoms with E-state index in [0.717, 1.165) is 5.56 Å². The lowest BCUT2D eigenvalue weighted by atomic mass is 10.1. The Morgan fingerprint density at radius 3 is 2.50 bits per heavy atom. The second-order valence-electron chi connectivity index (χ2n) is 5.89. The first-order chi connectivity index (χ1) is 12.6. The van der Waals surface area contributed by atoms with Crippen LogP contribution in [0.25, 0.3) is 0 Å². The third-order valence-electron chi connectivity index (χ3n) is 4.13. The first-order valence-electron chi connectivity index (χ1n) is 8.50. The molecule has 0 aliphatic carbocycles. The predicted octanol–water partition coefficient (Wildman–Crippen LogP) is 3.73. The van der Waals surface area contributed by atoms with Gasteiger partial charge < -0.3 is 5.32 Å². The van der Waals surface area contributed by atoms with Crippen molar-refractivity contribution >= 4 is 17.5 Å². The van der Waals surface area contributed by atoms with E-state index in [4.69, 9.17) is 0 Å². The van der Waals surface area contributed by atoms with Crippen LogP contribution in [0.15, 0.2) is 60.8 Å². The number of amides is 1. The summed E-state index contributed by atoms with van der Waals surface area (Å²) in [6.07, 6.45) is 1.93. The molecule has 132 valence electrons. The molecule has 0 aliphatic rings. The summed E-state index contributed by atoms with van der Waals surface area (Å²) in [5, 5.41) is 7.16. The fourth-order valence-electron chi connectivity index (χ4n) is 2.67. The SMILES string of the molecule is CCC(=O)c1cc(C(=O)Nc2ccccn2)n([C@@H](C)c2ccccc2)n1. The van der Waals surface area contributed by atoms with Gasteiger partial charge in [-0.15, -0.1) is 0 Å². The maximum absolute atomic E-state index is 12.8. The van der Waals surface area contributed by atoms with Crippen molar-refractivity contribution in [1.82, 2.24) is 14.8 Å². The van der Waals surface area contributed by atoms with Gasteiger partial charge in [0.2, 0.25) is 0 Å². The maximum atomic E-state index is 12.8. The second-order valence-corrected chi connectivity index (χ2v) is 5.89. The Kier molecular flexibility index (Phi) is 5.22. The summed E-state index contributed by atoms with van der Waals surface area (Å²) in [6.45, 7) is 3.72. The number of anilines is 1. The van der Waals surface area contributed by atoms with Crippen molar-refractivity contribution < 1.29 is 9.59 Å². The molecule has 1 amide bonds. The number of aromatic nitrogens is 3. The molecule has 1 N–H and O–H groups in total.